The largest absolute Gasteiger partial charge is 2.00 e. The van der Waals surface area contributed by atoms with Gasteiger partial charge in [-0.15, -0.1) is 0 Å². The van der Waals surface area contributed by atoms with Crippen LogP contribution in [0.15, 0.2) is 30.6 Å². The molecule has 72 valence electrons. The summed E-state index contributed by atoms with van der Waals surface area (Å²) in [5.74, 6) is 0. The predicted octanol–water partition coefficient (Wildman–Crippen LogP) is -3.74. The molecule has 0 unspecified atom stereocenters. The van der Waals surface area contributed by atoms with E-state index < -0.39 is 0 Å². The zero-order valence-electron chi connectivity index (χ0n) is 6.53. The number of nitrogens with zero attached hydrogens (tertiary/aromatic N) is 1. The van der Waals surface area contributed by atoms with Crippen LogP contribution in [0.3, 0.4) is 0 Å². The number of pyridine rings is 1. The van der Waals surface area contributed by atoms with Gasteiger partial charge in [0.05, 0.1) is 0 Å². The Morgan fingerprint density at radius 1 is 0.750 bits per heavy atom. The average molecular weight is 387 g/mol. The van der Waals surface area contributed by atoms with Crippen LogP contribution < -0.4 is 24.8 Å². The summed E-state index contributed by atoms with van der Waals surface area (Å²) in [4.78, 5) is 3.78. The Hall–Kier alpha value is 0.418. The van der Waals surface area contributed by atoms with Gasteiger partial charge in [-0.05, 0) is 12.1 Å². The standard InChI is InChI=1S/C5H5N.C3H6.2ClH.Pt/c1-2-4-6-5-3-1;1-2-3-1;;;/h1-5H;1-3H2;2*1H;/q;;;;+2/p-2. The van der Waals surface area contributed by atoms with E-state index in [0.29, 0.717) is 0 Å². The first-order chi connectivity index (χ1) is 4.50. The molecular weight excluding hydrogens is 376 g/mol. The molecule has 2 rings (SSSR count). The van der Waals surface area contributed by atoms with E-state index in [2.05, 4.69) is 4.98 Å². The van der Waals surface area contributed by atoms with E-state index in [0.717, 1.165) is 0 Å². The van der Waals surface area contributed by atoms with Gasteiger partial charge in [-0.2, -0.15) is 0 Å². The Labute approximate surface area is 100 Å². The van der Waals surface area contributed by atoms with Crippen molar-refractivity contribution in [2.75, 3.05) is 0 Å². The minimum Gasteiger partial charge on any atom is -1.00 e. The van der Waals surface area contributed by atoms with Crippen LogP contribution in [-0.4, -0.2) is 4.98 Å². The van der Waals surface area contributed by atoms with E-state index in [-0.39, 0.29) is 45.9 Å². The quantitative estimate of drug-likeness (QED) is 0.446. The molecule has 4 heteroatoms. The molecule has 1 nitrogen and oxygen atoms in total. The molecule has 0 aromatic carbocycles. The second-order valence-electron chi connectivity index (χ2n) is 2.09. The maximum absolute atomic E-state index is 3.78. The molecule has 1 aliphatic carbocycles. The third-order valence-electron chi connectivity index (χ3n) is 0.920. The molecule has 12 heavy (non-hydrogen) atoms. The van der Waals surface area contributed by atoms with Gasteiger partial charge in [0.25, 0.3) is 0 Å². The Bertz CT molecular complexity index is 118. The fraction of sp³-hybridized carbons (Fsp3) is 0.375. The van der Waals surface area contributed by atoms with Gasteiger partial charge in [-0.3, -0.25) is 4.98 Å². The maximum atomic E-state index is 3.78. The van der Waals surface area contributed by atoms with Crippen LogP contribution in [0.2, 0.25) is 0 Å². The molecule has 1 aliphatic rings. The van der Waals surface area contributed by atoms with Gasteiger partial charge in [0.2, 0.25) is 0 Å². The molecule has 0 atom stereocenters. The van der Waals surface area contributed by atoms with Gasteiger partial charge in [-0.1, -0.05) is 25.3 Å². The maximum Gasteiger partial charge on any atom is 2.00 e. The summed E-state index contributed by atoms with van der Waals surface area (Å²) in [5, 5.41) is 0. The number of aromatic nitrogens is 1. The predicted molar refractivity (Wildman–Crippen MR) is 38.1 cm³/mol. The Balaban J connectivity index is -0.000000120. The molecule has 0 aliphatic heterocycles. The molecule has 1 heterocycles. The molecule has 0 N–H and O–H groups in total. The molecule has 1 aromatic rings. The summed E-state index contributed by atoms with van der Waals surface area (Å²) >= 11 is 0. The fourth-order valence-electron chi connectivity index (χ4n) is 0.313. The molecule has 1 fully saturated rings. The number of hydrogen-bond acceptors (Lipinski definition) is 1. The number of rotatable bonds is 0. The van der Waals surface area contributed by atoms with E-state index >= 15 is 0 Å². The van der Waals surface area contributed by atoms with Crippen LogP contribution in [0.5, 0.6) is 0 Å². The molecule has 0 spiro atoms. The SMILES string of the molecule is C1CC1.[Cl-].[Cl-].[Pt+2].c1ccncc1. The zero-order chi connectivity index (χ0) is 6.36. The second-order valence-corrected chi connectivity index (χ2v) is 2.09. The van der Waals surface area contributed by atoms with Crippen molar-refractivity contribution in [2.24, 2.45) is 0 Å². The van der Waals surface area contributed by atoms with Crippen molar-refractivity contribution in [2.45, 2.75) is 19.3 Å². The van der Waals surface area contributed by atoms with Crippen molar-refractivity contribution < 1.29 is 45.9 Å². The summed E-state index contributed by atoms with van der Waals surface area (Å²) in [6.07, 6.45) is 8.00. The summed E-state index contributed by atoms with van der Waals surface area (Å²) in [7, 11) is 0. The van der Waals surface area contributed by atoms with Gasteiger partial charge in [0.1, 0.15) is 0 Å². The Kier molecular flexibility index (Phi) is 21.3. The molecule has 0 radical (unpaired) electrons. The average Bonchev–Trinajstić information content (AvgIpc) is 2.76. The summed E-state index contributed by atoms with van der Waals surface area (Å²) in [6.45, 7) is 0. The Morgan fingerprint density at radius 3 is 1.25 bits per heavy atom. The van der Waals surface area contributed by atoms with Gasteiger partial charge < -0.3 is 24.8 Å². The molecule has 0 saturated heterocycles. The first kappa shape index (κ1) is 18.3. The van der Waals surface area contributed by atoms with Crippen LogP contribution in [0.25, 0.3) is 0 Å². The summed E-state index contributed by atoms with van der Waals surface area (Å²) in [6, 6.07) is 5.72. The smallest absolute Gasteiger partial charge is 1.00 e. The number of hydrogen-bond donors (Lipinski definition) is 0. The third kappa shape index (κ3) is 16.8. The molecule has 0 bridgehead atoms. The summed E-state index contributed by atoms with van der Waals surface area (Å²) < 4.78 is 0. The topological polar surface area (TPSA) is 12.9 Å². The van der Waals surface area contributed by atoms with Crippen LogP contribution in [-0.2, 0) is 21.1 Å². The van der Waals surface area contributed by atoms with E-state index in [1.54, 1.807) is 12.4 Å². The van der Waals surface area contributed by atoms with E-state index in [1.807, 2.05) is 18.2 Å². The fourth-order valence-corrected chi connectivity index (χ4v) is 0.313. The van der Waals surface area contributed by atoms with Gasteiger partial charge in [-0.25, -0.2) is 0 Å². The van der Waals surface area contributed by atoms with E-state index in [4.69, 9.17) is 0 Å². The zero-order valence-corrected chi connectivity index (χ0v) is 10.3. The van der Waals surface area contributed by atoms with Crippen LogP contribution in [0.1, 0.15) is 19.3 Å². The van der Waals surface area contributed by atoms with Crippen molar-refractivity contribution >= 4 is 0 Å². The van der Waals surface area contributed by atoms with Gasteiger partial charge in [0, 0.05) is 12.4 Å². The molecule has 1 saturated carbocycles. The van der Waals surface area contributed by atoms with Crippen molar-refractivity contribution in [3.05, 3.63) is 30.6 Å². The molecular formula is C8H11Cl2NPt. The third-order valence-corrected chi connectivity index (χ3v) is 0.920. The number of halogens is 2. The second kappa shape index (κ2) is 14.0. The summed E-state index contributed by atoms with van der Waals surface area (Å²) in [5.41, 5.74) is 0. The van der Waals surface area contributed by atoms with Crippen LogP contribution in [0, 0.1) is 0 Å². The molecule has 1 aromatic heterocycles. The van der Waals surface area contributed by atoms with Crippen molar-refractivity contribution in [1.82, 2.24) is 4.98 Å². The monoisotopic (exact) mass is 386 g/mol. The van der Waals surface area contributed by atoms with Crippen molar-refractivity contribution in [3.63, 3.8) is 0 Å². The molecule has 0 amide bonds. The van der Waals surface area contributed by atoms with Gasteiger partial charge in [0.15, 0.2) is 0 Å². The van der Waals surface area contributed by atoms with Crippen molar-refractivity contribution in [1.29, 1.82) is 0 Å². The van der Waals surface area contributed by atoms with E-state index in [1.165, 1.54) is 19.3 Å². The Morgan fingerprint density at radius 2 is 1.17 bits per heavy atom. The first-order valence-electron chi connectivity index (χ1n) is 3.35. The van der Waals surface area contributed by atoms with Crippen LogP contribution >= 0.6 is 0 Å². The van der Waals surface area contributed by atoms with Crippen LogP contribution in [0.4, 0.5) is 0 Å². The first-order valence-corrected chi connectivity index (χ1v) is 3.35. The van der Waals surface area contributed by atoms with E-state index in [9.17, 15) is 0 Å². The van der Waals surface area contributed by atoms with Gasteiger partial charge >= 0.3 is 21.1 Å². The van der Waals surface area contributed by atoms with Crippen molar-refractivity contribution in [3.8, 4) is 0 Å². The minimum absolute atomic E-state index is 0. The normalized spacial score (nSPS) is 10.0. The minimum atomic E-state index is 0.